The largest absolute Gasteiger partial charge is 0.354 e. The molecule has 3 rings (SSSR count). The molecule has 0 aromatic rings. The molecule has 24 heavy (non-hydrogen) atoms. The van der Waals surface area contributed by atoms with Gasteiger partial charge >= 0.3 is 6.03 Å². The topological polar surface area (TPSA) is 61.4 Å². The number of nitrogens with zero attached hydrogens (tertiary/aromatic N) is 1. The lowest BCUT2D eigenvalue weighted by Gasteiger charge is -2.31. The maximum atomic E-state index is 12.6. The summed E-state index contributed by atoms with van der Waals surface area (Å²) < 4.78 is 0. The van der Waals surface area contributed by atoms with Gasteiger partial charge < -0.3 is 15.5 Å². The van der Waals surface area contributed by atoms with Crippen molar-refractivity contribution >= 4 is 11.9 Å². The Kier molecular flexibility index (Phi) is 5.47. The Balaban J connectivity index is 1.48. The Hall–Kier alpha value is -1.52. The van der Waals surface area contributed by atoms with Gasteiger partial charge in [-0.15, -0.1) is 0 Å². The average Bonchev–Trinajstić information content (AvgIpc) is 2.98. The van der Waals surface area contributed by atoms with Gasteiger partial charge in [0.1, 0.15) is 0 Å². The first-order valence-electron chi connectivity index (χ1n) is 9.53. The highest BCUT2D eigenvalue weighted by atomic mass is 16.2. The second kappa shape index (κ2) is 7.58. The van der Waals surface area contributed by atoms with Gasteiger partial charge in [-0.25, -0.2) is 4.79 Å². The van der Waals surface area contributed by atoms with Gasteiger partial charge in [0.2, 0.25) is 5.91 Å². The fourth-order valence-electron chi connectivity index (χ4n) is 4.41. The van der Waals surface area contributed by atoms with E-state index < -0.39 is 0 Å². The Morgan fingerprint density at radius 2 is 1.75 bits per heavy atom. The third-order valence-electron chi connectivity index (χ3n) is 5.71. The molecule has 0 aromatic carbocycles. The predicted molar refractivity (Wildman–Crippen MR) is 94.5 cm³/mol. The normalized spacial score (nSPS) is 32.5. The van der Waals surface area contributed by atoms with Gasteiger partial charge in [0.05, 0.1) is 0 Å². The van der Waals surface area contributed by atoms with Crippen LogP contribution >= 0.6 is 0 Å². The lowest BCUT2D eigenvalue weighted by molar-refractivity contribution is -0.126. The van der Waals surface area contributed by atoms with Crippen molar-refractivity contribution in [3.05, 3.63) is 12.2 Å². The van der Waals surface area contributed by atoms with E-state index in [1.807, 2.05) is 18.7 Å². The van der Waals surface area contributed by atoms with Gasteiger partial charge in [0.25, 0.3) is 0 Å². The molecule has 3 amide bonds. The Bertz CT molecular complexity index is 487. The number of hydrogen-bond acceptors (Lipinski definition) is 2. The minimum atomic E-state index is 0.0387. The molecule has 0 radical (unpaired) electrons. The molecule has 2 N–H and O–H groups in total. The molecule has 5 heteroatoms. The fraction of sp³-hybridized carbons (Fsp3) is 0.789. The summed E-state index contributed by atoms with van der Waals surface area (Å²) in [5, 5.41) is 6.20. The van der Waals surface area contributed by atoms with Crippen molar-refractivity contribution in [2.24, 2.45) is 17.8 Å². The smallest absolute Gasteiger partial charge is 0.317 e. The molecule has 0 spiro atoms. The summed E-state index contributed by atoms with van der Waals surface area (Å²) in [6.45, 7) is 5.74. The molecule has 134 valence electrons. The van der Waals surface area contributed by atoms with Gasteiger partial charge in [0.15, 0.2) is 0 Å². The molecule has 5 nitrogen and oxygen atoms in total. The van der Waals surface area contributed by atoms with Gasteiger partial charge in [-0.3, -0.25) is 4.79 Å². The molecule has 1 aliphatic heterocycles. The van der Waals surface area contributed by atoms with Crippen LogP contribution in [0.4, 0.5) is 4.79 Å². The predicted octanol–water partition coefficient (Wildman–Crippen LogP) is 2.68. The second-order valence-electron chi connectivity index (χ2n) is 8.04. The fourth-order valence-corrected chi connectivity index (χ4v) is 4.41. The first-order chi connectivity index (χ1) is 11.5. The van der Waals surface area contributed by atoms with Crippen molar-refractivity contribution < 1.29 is 9.59 Å². The van der Waals surface area contributed by atoms with E-state index in [1.165, 1.54) is 0 Å². The number of rotatable bonds is 3. The zero-order valence-corrected chi connectivity index (χ0v) is 15.0. The minimum absolute atomic E-state index is 0.0387. The van der Waals surface area contributed by atoms with Crippen LogP contribution in [0.15, 0.2) is 12.2 Å². The highest BCUT2D eigenvalue weighted by Gasteiger charge is 2.36. The van der Waals surface area contributed by atoms with Crippen LogP contribution in [0, 0.1) is 17.8 Å². The lowest BCUT2D eigenvalue weighted by atomic mass is 9.85. The summed E-state index contributed by atoms with van der Waals surface area (Å²) in [6, 6.07) is 0.378. The number of fused-ring (bicyclic) bond motifs is 1. The Morgan fingerprint density at radius 3 is 2.38 bits per heavy atom. The lowest BCUT2D eigenvalue weighted by Crippen LogP contribution is -2.47. The van der Waals surface area contributed by atoms with Crippen LogP contribution in [0.25, 0.3) is 0 Å². The van der Waals surface area contributed by atoms with Crippen LogP contribution in [0.2, 0.25) is 0 Å². The summed E-state index contributed by atoms with van der Waals surface area (Å²) >= 11 is 0. The SMILES string of the molecule is CC(C)NC(=O)C1CCCC(NC(=O)N2CC3CC=CCC3C2)C1. The molecule has 1 heterocycles. The Labute approximate surface area is 145 Å². The summed E-state index contributed by atoms with van der Waals surface area (Å²) in [7, 11) is 0. The zero-order chi connectivity index (χ0) is 17.1. The molecular weight excluding hydrogens is 302 g/mol. The van der Waals surface area contributed by atoms with E-state index in [4.69, 9.17) is 0 Å². The van der Waals surface area contributed by atoms with Crippen molar-refractivity contribution in [3.63, 3.8) is 0 Å². The quantitative estimate of drug-likeness (QED) is 0.780. The van der Waals surface area contributed by atoms with E-state index >= 15 is 0 Å². The van der Waals surface area contributed by atoms with Gasteiger partial charge in [0, 0.05) is 31.1 Å². The van der Waals surface area contributed by atoms with E-state index in [9.17, 15) is 9.59 Å². The van der Waals surface area contributed by atoms with E-state index in [0.717, 1.165) is 51.6 Å². The Morgan fingerprint density at radius 1 is 1.08 bits per heavy atom. The van der Waals surface area contributed by atoms with Gasteiger partial charge in [-0.2, -0.15) is 0 Å². The molecule has 0 aromatic heterocycles. The molecule has 2 aliphatic carbocycles. The maximum absolute atomic E-state index is 12.6. The van der Waals surface area contributed by atoms with E-state index in [-0.39, 0.29) is 29.9 Å². The summed E-state index contributed by atoms with van der Waals surface area (Å²) in [4.78, 5) is 26.8. The molecule has 0 bridgehead atoms. The minimum Gasteiger partial charge on any atom is -0.354 e. The molecule has 3 aliphatic rings. The van der Waals surface area contributed by atoms with E-state index in [1.54, 1.807) is 0 Å². The third-order valence-corrected chi connectivity index (χ3v) is 5.71. The van der Waals surface area contributed by atoms with Crippen LogP contribution in [0.1, 0.15) is 52.4 Å². The summed E-state index contributed by atoms with van der Waals surface area (Å²) in [6.07, 6.45) is 10.4. The maximum Gasteiger partial charge on any atom is 0.317 e. The molecule has 1 saturated heterocycles. The molecule has 4 atom stereocenters. The van der Waals surface area contributed by atoms with Crippen LogP contribution in [0.3, 0.4) is 0 Å². The van der Waals surface area contributed by atoms with Crippen molar-refractivity contribution in [1.29, 1.82) is 0 Å². The zero-order valence-electron chi connectivity index (χ0n) is 15.0. The molecule has 1 saturated carbocycles. The number of hydrogen-bond donors (Lipinski definition) is 2. The van der Waals surface area contributed by atoms with Crippen molar-refractivity contribution in [2.45, 2.75) is 64.5 Å². The first kappa shape index (κ1) is 17.3. The molecular formula is C19H31N3O2. The highest BCUT2D eigenvalue weighted by molar-refractivity contribution is 5.79. The van der Waals surface area contributed by atoms with Crippen molar-refractivity contribution in [1.82, 2.24) is 15.5 Å². The summed E-state index contributed by atoms with van der Waals surface area (Å²) in [5.74, 6) is 1.45. The first-order valence-corrected chi connectivity index (χ1v) is 9.53. The number of likely N-dealkylation sites (tertiary alicyclic amines) is 1. The summed E-state index contributed by atoms with van der Waals surface area (Å²) in [5.41, 5.74) is 0. The number of allylic oxidation sites excluding steroid dienone is 2. The van der Waals surface area contributed by atoms with Crippen molar-refractivity contribution in [2.75, 3.05) is 13.1 Å². The van der Waals surface area contributed by atoms with Gasteiger partial charge in [-0.1, -0.05) is 18.6 Å². The monoisotopic (exact) mass is 333 g/mol. The number of carbonyl (C=O) groups is 2. The van der Waals surface area contributed by atoms with Crippen molar-refractivity contribution in [3.8, 4) is 0 Å². The van der Waals surface area contributed by atoms with Gasteiger partial charge in [-0.05, 0) is 57.8 Å². The molecule has 2 fully saturated rings. The van der Waals surface area contributed by atoms with Crippen LogP contribution in [-0.4, -0.2) is 42.0 Å². The number of urea groups is 1. The highest BCUT2D eigenvalue weighted by Crippen LogP contribution is 2.33. The van der Waals surface area contributed by atoms with E-state index in [2.05, 4.69) is 22.8 Å². The number of carbonyl (C=O) groups excluding carboxylic acids is 2. The van der Waals surface area contributed by atoms with Crippen LogP contribution in [0.5, 0.6) is 0 Å². The second-order valence-corrected chi connectivity index (χ2v) is 8.04. The average molecular weight is 333 g/mol. The van der Waals surface area contributed by atoms with Crippen LogP contribution in [-0.2, 0) is 4.79 Å². The number of nitrogens with one attached hydrogen (secondary N) is 2. The molecule has 4 unspecified atom stereocenters. The third kappa shape index (κ3) is 4.11. The number of amides is 3. The standard InChI is InChI=1S/C19H31N3O2/c1-13(2)20-18(23)14-8-5-9-17(10-14)21-19(24)22-11-15-6-3-4-7-16(15)12-22/h3-4,13-17H,5-12H2,1-2H3,(H,20,23)(H,21,24). The van der Waals surface area contributed by atoms with Crippen LogP contribution < -0.4 is 10.6 Å². The van der Waals surface area contributed by atoms with E-state index in [0.29, 0.717) is 11.8 Å².